The van der Waals surface area contributed by atoms with Gasteiger partial charge < -0.3 is 15.0 Å². The minimum Gasteiger partial charge on any atom is -0.463 e. The number of rotatable bonds is 9. The number of hydrogen-bond donors (Lipinski definition) is 1. The molecule has 0 spiro atoms. The van der Waals surface area contributed by atoms with Gasteiger partial charge in [-0.05, 0) is 37.0 Å². The van der Waals surface area contributed by atoms with E-state index in [0.29, 0.717) is 60.4 Å². The molecule has 8 nitrogen and oxygen atoms in total. The average molecular weight is 517 g/mol. The molecule has 1 N–H and O–H groups in total. The normalized spacial score (nSPS) is 19.2. The number of esters is 1. The van der Waals surface area contributed by atoms with Crippen LogP contribution in [0.3, 0.4) is 0 Å². The Labute approximate surface area is 218 Å². The molecule has 0 aliphatic carbocycles. The van der Waals surface area contributed by atoms with Crippen LogP contribution < -0.4 is 5.32 Å². The number of nitrogens with zero attached hydrogens (tertiary/aromatic N) is 3. The summed E-state index contributed by atoms with van der Waals surface area (Å²) in [4.78, 5) is 44.8. The van der Waals surface area contributed by atoms with E-state index in [1.807, 2.05) is 24.8 Å². The molecule has 9 heteroatoms. The van der Waals surface area contributed by atoms with E-state index in [0.717, 1.165) is 13.0 Å². The quantitative estimate of drug-likeness (QED) is 0.396. The van der Waals surface area contributed by atoms with Crippen molar-refractivity contribution in [2.24, 2.45) is 5.92 Å². The van der Waals surface area contributed by atoms with E-state index in [2.05, 4.69) is 16.8 Å². The van der Waals surface area contributed by atoms with Crippen molar-refractivity contribution in [3.63, 3.8) is 0 Å². The molecule has 0 saturated carbocycles. The molecule has 0 radical (unpaired) electrons. The van der Waals surface area contributed by atoms with Gasteiger partial charge in [-0.25, -0.2) is 9.59 Å². The summed E-state index contributed by atoms with van der Waals surface area (Å²) in [6, 6.07) is 6.11. The van der Waals surface area contributed by atoms with Gasteiger partial charge in [0.2, 0.25) is 5.91 Å². The van der Waals surface area contributed by atoms with Crippen LogP contribution in [0.25, 0.3) is 0 Å². The molecular weight excluding hydrogens is 480 g/mol. The SMILES string of the molecule is C=CCN1C(=O)NC(c2cccc(Cl)c2)C(C(=O)OCC)=C1CN1CCCN(C(=O)CC(C)C)CC1. The molecule has 2 aliphatic heterocycles. The third-order valence-corrected chi connectivity index (χ3v) is 6.56. The fourth-order valence-electron chi connectivity index (χ4n) is 4.65. The molecule has 3 amide bonds. The highest BCUT2D eigenvalue weighted by Crippen LogP contribution is 2.33. The summed E-state index contributed by atoms with van der Waals surface area (Å²) in [5.41, 5.74) is 1.68. The molecule has 0 bridgehead atoms. The number of carbonyl (C=O) groups excluding carboxylic acids is 3. The lowest BCUT2D eigenvalue weighted by atomic mass is 9.94. The first-order valence-corrected chi connectivity index (χ1v) is 13.0. The van der Waals surface area contributed by atoms with Gasteiger partial charge in [0.05, 0.1) is 18.2 Å². The van der Waals surface area contributed by atoms with Crippen LogP contribution in [0.4, 0.5) is 4.79 Å². The molecule has 2 heterocycles. The van der Waals surface area contributed by atoms with Crippen LogP contribution in [0.5, 0.6) is 0 Å². The molecule has 196 valence electrons. The maximum Gasteiger partial charge on any atom is 0.338 e. The third-order valence-electron chi connectivity index (χ3n) is 6.32. The third kappa shape index (κ3) is 6.89. The summed E-state index contributed by atoms with van der Waals surface area (Å²) in [6.45, 7) is 13.2. The Kier molecular flexibility index (Phi) is 9.96. The number of ether oxygens (including phenoxy) is 1. The molecule has 1 unspecified atom stereocenters. The van der Waals surface area contributed by atoms with Crippen molar-refractivity contribution in [1.29, 1.82) is 0 Å². The Hall–Kier alpha value is -2.84. The number of benzene rings is 1. The van der Waals surface area contributed by atoms with Crippen molar-refractivity contribution >= 4 is 29.5 Å². The van der Waals surface area contributed by atoms with Crippen LogP contribution in [0.1, 0.15) is 45.2 Å². The maximum atomic E-state index is 13.3. The summed E-state index contributed by atoms with van der Waals surface area (Å²) in [7, 11) is 0. The van der Waals surface area contributed by atoms with Gasteiger partial charge in [0.15, 0.2) is 0 Å². The van der Waals surface area contributed by atoms with Gasteiger partial charge in [-0.3, -0.25) is 14.6 Å². The molecule has 1 atom stereocenters. The maximum absolute atomic E-state index is 13.3. The zero-order chi connectivity index (χ0) is 26.2. The second-order valence-electron chi connectivity index (χ2n) is 9.53. The predicted molar refractivity (Wildman–Crippen MR) is 140 cm³/mol. The van der Waals surface area contributed by atoms with Crippen molar-refractivity contribution in [1.82, 2.24) is 20.0 Å². The largest absolute Gasteiger partial charge is 0.463 e. The smallest absolute Gasteiger partial charge is 0.338 e. The molecule has 3 rings (SSSR count). The minimum absolute atomic E-state index is 0.171. The van der Waals surface area contributed by atoms with Crippen LogP contribution in [-0.4, -0.2) is 78.5 Å². The Morgan fingerprint density at radius 3 is 2.69 bits per heavy atom. The first kappa shape index (κ1) is 27.7. The van der Waals surface area contributed by atoms with Gasteiger partial charge in [-0.2, -0.15) is 0 Å². The van der Waals surface area contributed by atoms with E-state index in [9.17, 15) is 14.4 Å². The number of urea groups is 1. The highest BCUT2D eigenvalue weighted by Gasteiger charge is 2.38. The van der Waals surface area contributed by atoms with Gasteiger partial charge in [0.1, 0.15) is 0 Å². The second kappa shape index (κ2) is 12.9. The molecule has 1 aromatic rings. The standard InChI is InChI=1S/C27H37ClN4O4/c1-5-11-32-22(18-30-12-8-13-31(15-14-30)23(33)16-19(3)4)24(26(34)36-6-2)25(29-27(32)35)20-9-7-10-21(28)17-20/h5,7,9-10,17,19,25H,1,6,8,11-16,18H2,2-4H3,(H,29,35). The first-order valence-electron chi connectivity index (χ1n) is 12.6. The number of hydrogen-bond acceptors (Lipinski definition) is 5. The van der Waals surface area contributed by atoms with Crippen LogP contribution >= 0.6 is 11.6 Å². The minimum atomic E-state index is -0.692. The van der Waals surface area contributed by atoms with E-state index in [1.54, 1.807) is 36.1 Å². The lowest BCUT2D eigenvalue weighted by molar-refractivity contribution is -0.139. The number of amides is 3. The highest BCUT2D eigenvalue weighted by molar-refractivity contribution is 6.30. The molecule has 36 heavy (non-hydrogen) atoms. The van der Waals surface area contributed by atoms with Crippen molar-refractivity contribution in [2.45, 2.75) is 39.7 Å². The van der Waals surface area contributed by atoms with Crippen LogP contribution in [0, 0.1) is 5.92 Å². The van der Waals surface area contributed by atoms with Gasteiger partial charge >= 0.3 is 12.0 Å². The van der Waals surface area contributed by atoms with Gasteiger partial charge in [-0.1, -0.05) is 43.7 Å². The van der Waals surface area contributed by atoms with Crippen LogP contribution in [-0.2, 0) is 14.3 Å². The topological polar surface area (TPSA) is 82.2 Å². The monoisotopic (exact) mass is 516 g/mol. The molecule has 1 fully saturated rings. The zero-order valence-electron chi connectivity index (χ0n) is 21.5. The Morgan fingerprint density at radius 2 is 2.03 bits per heavy atom. The number of nitrogens with one attached hydrogen (secondary N) is 1. The van der Waals surface area contributed by atoms with Crippen molar-refractivity contribution < 1.29 is 19.1 Å². The lowest BCUT2D eigenvalue weighted by Crippen LogP contribution is -2.51. The number of halogens is 1. The second-order valence-corrected chi connectivity index (χ2v) is 9.96. The fourth-order valence-corrected chi connectivity index (χ4v) is 4.85. The van der Waals surface area contributed by atoms with E-state index in [-0.39, 0.29) is 25.1 Å². The molecule has 0 aromatic heterocycles. The van der Waals surface area contributed by atoms with Crippen molar-refractivity contribution in [3.8, 4) is 0 Å². The number of carbonyl (C=O) groups is 3. The van der Waals surface area contributed by atoms with Gasteiger partial charge in [-0.15, -0.1) is 6.58 Å². The molecule has 1 aromatic carbocycles. The summed E-state index contributed by atoms with van der Waals surface area (Å²) >= 11 is 6.24. The van der Waals surface area contributed by atoms with E-state index in [4.69, 9.17) is 16.3 Å². The van der Waals surface area contributed by atoms with Gasteiger partial charge in [0.25, 0.3) is 0 Å². The molecule has 2 aliphatic rings. The van der Waals surface area contributed by atoms with Gasteiger partial charge in [0, 0.05) is 56.4 Å². The Bertz CT molecular complexity index is 1010. The summed E-state index contributed by atoms with van der Waals surface area (Å²) in [5, 5.41) is 3.47. The first-order chi connectivity index (χ1) is 17.2. The molecule has 1 saturated heterocycles. The van der Waals surface area contributed by atoms with Crippen LogP contribution in [0.2, 0.25) is 5.02 Å². The highest BCUT2D eigenvalue weighted by atomic mass is 35.5. The Balaban J connectivity index is 1.96. The van der Waals surface area contributed by atoms with Crippen molar-refractivity contribution in [2.75, 3.05) is 45.9 Å². The Morgan fingerprint density at radius 1 is 1.25 bits per heavy atom. The fraction of sp³-hybridized carbons (Fsp3) is 0.519. The predicted octanol–water partition coefficient (Wildman–Crippen LogP) is 3.99. The summed E-state index contributed by atoms with van der Waals surface area (Å²) in [5.74, 6) is 0.00510. The zero-order valence-corrected chi connectivity index (χ0v) is 22.2. The van der Waals surface area contributed by atoms with Crippen LogP contribution in [0.15, 0.2) is 48.2 Å². The van der Waals surface area contributed by atoms with Crippen molar-refractivity contribution in [3.05, 3.63) is 58.8 Å². The summed E-state index contributed by atoms with van der Waals surface area (Å²) in [6.07, 6.45) is 2.99. The summed E-state index contributed by atoms with van der Waals surface area (Å²) < 4.78 is 5.45. The van der Waals surface area contributed by atoms with E-state index < -0.39 is 12.0 Å². The molecular formula is C27H37ClN4O4. The van der Waals surface area contributed by atoms with E-state index in [1.165, 1.54) is 0 Å². The lowest BCUT2D eigenvalue weighted by Gasteiger charge is -2.38. The average Bonchev–Trinajstić information content (AvgIpc) is 3.06. The van der Waals surface area contributed by atoms with E-state index >= 15 is 0 Å².